The van der Waals surface area contributed by atoms with E-state index in [0.717, 1.165) is 11.0 Å². The minimum atomic E-state index is 0.140. The second kappa shape index (κ2) is 3.58. The lowest BCUT2D eigenvalue weighted by molar-refractivity contribution is 0.536. The summed E-state index contributed by atoms with van der Waals surface area (Å²) < 4.78 is 1.96. The van der Waals surface area contributed by atoms with Gasteiger partial charge in [0.2, 0.25) is 0 Å². The van der Waals surface area contributed by atoms with E-state index < -0.39 is 0 Å². The van der Waals surface area contributed by atoms with Gasteiger partial charge in [-0.1, -0.05) is 20.8 Å². The largest absolute Gasteiger partial charge is 0.267 e. The van der Waals surface area contributed by atoms with Gasteiger partial charge in [-0.2, -0.15) is 5.10 Å². The van der Waals surface area contributed by atoms with E-state index >= 15 is 0 Å². The SMILES string of the molecule is CC(C)n1cc2cc(C(C)(C)C)cnc2n1. The standard InChI is InChI=1S/C13H19N3/c1-9(2)16-8-10-6-11(13(3,4)5)7-14-12(10)15-16/h6-9H,1-5H3. The molecule has 0 spiro atoms. The smallest absolute Gasteiger partial charge is 0.181 e. The van der Waals surface area contributed by atoms with Gasteiger partial charge in [-0.15, -0.1) is 0 Å². The zero-order chi connectivity index (χ0) is 11.9. The number of rotatable bonds is 1. The van der Waals surface area contributed by atoms with Gasteiger partial charge in [-0.25, -0.2) is 4.98 Å². The molecule has 0 aromatic carbocycles. The van der Waals surface area contributed by atoms with Crippen molar-refractivity contribution in [3.8, 4) is 0 Å². The average Bonchev–Trinajstić information content (AvgIpc) is 2.58. The van der Waals surface area contributed by atoms with Crippen molar-refractivity contribution >= 4 is 11.0 Å². The van der Waals surface area contributed by atoms with Crippen LogP contribution in [0.1, 0.15) is 46.2 Å². The first-order chi connectivity index (χ1) is 7.38. The number of fused-ring (bicyclic) bond motifs is 1. The van der Waals surface area contributed by atoms with E-state index in [-0.39, 0.29) is 5.41 Å². The predicted molar refractivity (Wildman–Crippen MR) is 66.6 cm³/mol. The van der Waals surface area contributed by atoms with Crippen LogP contribution in [0.4, 0.5) is 0 Å². The summed E-state index contributed by atoms with van der Waals surface area (Å²) in [6.07, 6.45) is 4.00. The van der Waals surface area contributed by atoms with Crippen LogP contribution in [-0.4, -0.2) is 14.8 Å². The van der Waals surface area contributed by atoms with Crippen molar-refractivity contribution in [2.75, 3.05) is 0 Å². The van der Waals surface area contributed by atoms with Crippen molar-refractivity contribution in [3.05, 3.63) is 24.0 Å². The number of pyridine rings is 1. The van der Waals surface area contributed by atoms with Gasteiger partial charge in [0.1, 0.15) is 0 Å². The highest BCUT2D eigenvalue weighted by atomic mass is 15.3. The summed E-state index contributed by atoms with van der Waals surface area (Å²) in [7, 11) is 0. The molecule has 0 radical (unpaired) electrons. The molecule has 0 saturated heterocycles. The number of nitrogens with zero attached hydrogens (tertiary/aromatic N) is 3. The Balaban J connectivity index is 2.54. The normalized spacial score (nSPS) is 12.6. The second-order valence-electron chi connectivity index (χ2n) is 5.59. The summed E-state index contributed by atoms with van der Waals surface area (Å²) in [6, 6.07) is 2.57. The van der Waals surface area contributed by atoms with Gasteiger partial charge >= 0.3 is 0 Å². The quantitative estimate of drug-likeness (QED) is 0.733. The molecule has 0 saturated carbocycles. The third-order valence-electron chi connectivity index (χ3n) is 2.77. The second-order valence-corrected chi connectivity index (χ2v) is 5.59. The Morgan fingerprint density at radius 1 is 1.25 bits per heavy atom. The maximum atomic E-state index is 4.44. The predicted octanol–water partition coefficient (Wildman–Crippen LogP) is 3.31. The lowest BCUT2D eigenvalue weighted by Gasteiger charge is -2.17. The monoisotopic (exact) mass is 217 g/mol. The van der Waals surface area contributed by atoms with Gasteiger partial charge in [0.25, 0.3) is 0 Å². The zero-order valence-corrected chi connectivity index (χ0v) is 10.7. The first kappa shape index (κ1) is 11.1. The summed E-state index contributed by atoms with van der Waals surface area (Å²) in [6.45, 7) is 10.8. The highest BCUT2D eigenvalue weighted by molar-refractivity contribution is 5.74. The van der Waals surface area contributed by atoms with Crippen LogP contribution >= 0.6 is 0 Å². The molecule has 86 valence electrons. The summed E-state index contributed by atoms with van der Waals surface area (Å²) in [5, 5.41) is 5.57. The minimum absolute atomic E-state index is 0.140. The first-order valence-electron chi connectivity index (χ1n) is 5.73. The third-order valence-corrected chi connectivity index (χ3v) is 2.77. The van der Waals surface area contributed by atoms with Crippen LogP contribution in [0.3, 0.4) is 0 Å². The Morgan fingerprint density at radius 3 is 2.50 bits per heavy atom. The first-order valence-corrected chi connectivity index (χ1v) is 5.73. The molecule has 0 unspecified atom stereocenters. The number of hydrogen-bond donors (Lipinski definition) is 0. The number of aromatic nitrogens is 3. The van der Waals surface area contributed by atoms with Crippen LogP contribution in [0, 0.1) is 0 Å². The Kier molecular flexibility index (Phi) is 2.49. The Hall–Kier alpha value is -1.38. The molecule has 0 amide bonds. The van der Waals surface area contributed by atoms with E-state index in [2.05, 4.69) is 57.0 Å². The van der Waals surface area contributed by atoms with E-state index in [0.29, 0.717) is 6.04 Å². The Morgan fingerprint density at radius 2 is 1.94 bits per heavy atom. The fourth-order valence-electron chi connectivity index (χ4n) is 1.61. The fourth-order valence-corrected chi connectivity index (χ4v) is 1.61. The van der Waals surface area contributed by atoms with Gasteiger partial charge in [0.15, 0.2) is 5.65 Å². The fraction of sp³-hybridized carbons (Fsp3) is 0.538. The molecular formula is C13H19N3. The van der Waals surface area contributed by atoms with Gasteiger partial charge in [0, 0.05) is 23.8 Å². The number of hydrogen-bond acceptors (Lipinski definition) is 2. The molecule has 0 atom stereocenters. The summed E-state index contributed by atoms with van der Waals surface area (Å²) in [5.41, 5.74) is 2.23. The van der Waals surface area contributed by atoms with Crippen molar-refractivity contribution in [1.29, 1.82) is 0 Å². The average molecular weight is 217 g/mol. The summed E-state index contributed by atoms with van der Waals surface area (Å²) in [5.74, 6) is 0. The summed E-state index contributed by atoms with van der Waals surface area (Å²) >= 11 is 0. The van der Waals surface area contributed by atoms with Gasteiger partial charge < -0.3 is 0 Å². The molecule has 0 bridgehead atoms. The summed E-state index contributed by atoms with van der Waals surface area (Å²) in [4.78, 5) is 4.42. The van der Waals surface area contributed by atoms with Crippen molar-refractivity contribution < 1.29 is 0 Å². The van der Waals surface area contributed by atoms with E-state index in [1.807, 2.05) is 10.9 Å². The van der Waals surface area contributed by atoms with E-state index in [4.69, 9.17) is 0 Å². The van der Waals surface area contributed by atoms with Crippen LogP contribution in [0.15, 0.2) is 18.5 Å². The lowest BCUT2D eigenvalue weighted by Crippen LogP contribution is -2.11. The third kappa shape index (κ3) is 1.94. The van der Waals surface area contributed by atoms with Gasteiger partial charge in [-0.3, -0.25) is 4.68 Å². The van der Waals surface area contributed by atoms with Crippen LogP contribution in [0.2, 0.25) is 0 Å². The molecule has 3 heteroatoms. The van der Waals surface area contributed by atoms with E-state index in [1.54, 1.807) is 0 Å². The van der Waals surface area contributed by atoms with Gasteiger partial charge in [0.05, 0.1) is 0 Å². The lowest BCUT2D eigenvalue weighted by atomic mass is 9.88. The molecule has 0 aliphatic heterocycles. The molecule has 2 rings (SSSR count). The molecular weight excluding hydrogens is 198 g/mol. The van der Waals surface area contributed by atoms with Crippen LogP contribution in [-0.2, 0) is 5.41 Å². The van der Waals surface area contributed by atoms with Crippen LogP contribution < -0.4 is 0 Å². The molecule has 0 aliphatic carbocycles. The molecule has 0 fully saturated rings. The van der Waals surface area contributed by atoms with E-state index in [1.165, 1.54) is 5.56 Å². The zero-order valence-electron chi connectivity index (χ0n) is 10.7. The molecule has 0 aliphatic rings. The van der Waals surface area contributed by atoms with E-state index in [9.17, 15) is 0 Å². The Labute approximate surface area is 96.5 Å². The molecule has 0 N–H and O–H groups in total. The maximum absolute atomic E-state index is 4.44. The molecule has 2 aromatic rings. The molecule has 2 heterocycles. The van der Waals surface area contributed by atoms with Crippen LogP contribution in [0.5, 0.6) is 0 Å². The molecule has 2 aromatic heterocycles. The highest BCUT2D eigenvalue weighted by Crippen LogP contribution is 2.24. The highest BCUT2D eigenvalue weighted by Gasteiger charge is 2.15. The van der Waals surface area contributed by atoms with Gasteiger partial charge in [-0.05, 0) is 30.9 Å². The van der Waals surface area contributed by atoms with Crippen molar-refractivity contribution in [1.82, 2.24) is 14.8 Å². The van der Waals surface area contributed by atoms with Crippen molar-refractivity contribution in [2.24, 2.45) is 0 Å². The van der Waals surface area contributed by atoms with Crippen molar-refractivity contribution in [2.45, 2.75) is 46.1 Å². The van der Waals surface area contributed by atoms with Crippen molar-refractivity contribution in [3.63, 3.8) is 0 Å². The topological polar surface area (TPSA) is 30.7 Å². The molecule has 16 heavy (non-hydrogen) atoms. The maximum Gasteiger partial charge on any atom is 0.181 e. The van der Waals surface area contributed by atoms with Crippen LogP contribution in [0.25, 0.3) is 11.0 Å². The Bertz CT molecular complexity index is 503. The molecule has 3 nitrogen and oxygen atoms in total. The minimum Gasteiger partial charge on any atom is -0.267 e.